The van der Waals surface area contributed by atoms with Crippen molar-refractivity contribution in [2.24, 2.45) is 0 Å². The molecule has 18 heavy (non-hydrogen) atoms. The van der Waals surface area contributed by atoms with Crippen LogP contribution >= 0.6 is 11.6 Å². The number of rotatable bonds is 2. The van der Waals surface area contributed by atoms with E-state index in [0.717, 1.165) is 0 Å². The van der Waals surface area contributed by atoms with Gasteiger partial charge in [-0.15, -0.1) is 0 Å². The molecule has 1 heterocycles. The van der Waals surface area contributed by atoms with Gasteiger partial charge in [-0.3, -0.25) is 4.79 Å². The minimum absolute atomic E-state index is 0.227. The van der Waals surface area contributed by atoms with Crippen LogP contribution in [-0.4, -0.2) is 10.9 Å². The molecule has 2 rings (SSSR count). The molecule has 1 aromatic carbocycles. The molecule has 0 spiro atoms. The van der Waals surface area contributed by atoms with Crippen molar-refractivity contribution in [2.45, 2.75) is 0 Å². The average molecular weight is 258 g/mol. The van der Waals surface area contributed by atoms with Crippen LogP contribution in [0.5, 0.6) is 0 Å². The zero-order chi connectivity index (χ0) is 13.0. The van der Waals surface area contributed by atoms with E-state index < -0.39 is 5.91 Å². The van der Waals surface area contributed by atoms with Crippen LogP contribution in [0.25, 0.3) is 0 Å². The molecule has 0 aliphatic carbocycles. The number of hydrogen-bond donors (Lipinski definition) is 1. The maximum atomic E-state index is 12.0. The molecule has 0 aliphatic heterocycles. The molecule has 0 radical (unpaired) electrons. The number of carbonyl (C=O) groups excluding carboxylic acids is 1. The molecule has 1 aromatic heterocycles. The maximum absolute atomic E-state index is 12.0. The molecule has 5 heteroatoms. The fourth-order valence-corrected chi connectivity index (χ4v) is 1.64. The number of halogens is 1. The molecule has 0 unspecified atom stereocenters. The quantitative estimate of drug-likeness (QED) is 0.900. The Labute approximate surface area is 109 Å². The van der Waals surface area contributed by atoms with Gasteiger partial charge in [0.2, 0.25) is 0 Å². The third kappa shape index (κ3) is 2.47. The van der Waals surface area contributed by atoms with E-state index in [4.69, 9.17) is 16.9 Å². The summed E-state index contributed by atoms with van der Waals surface area (Å²) in [6.07, 6.45) is 1.50. The Morgan fingerprint density at radius 1 is 1.28 bits per heavy atom. The number of pyridine rings is 1. The third-order valence-corrected chi connectivity index (χ3v) is 2.61. The highest BCUT2D eigenvalue weighted by atomic mass is 35.5. The number of amides is 1. The van der Waals surface area contributed by atoms with Crippen LogP contribution in [0.15, 0.2) is 42.6 Å². The van der Waals surface area contributed by atoms with Gasteiger partial charge >= 0.3 is 0 Å². The Bertz CT molecular complexity index is 634. The highest BCUT2D eigenvalue weighted by Crippen LogP contribution is 2.17. The zero-order valence-electron chi connectivity index (χ0n) is 9.22. The fourth-order valence-electron chi connectivity index (χ4n) is 1.42. The minimum atomic E-state index is -0.393. The summed E-state index contributed by atoms with van der Waals surface area (Å²) in [4.78, 5) is 15.9. The van der Waals surface area contributed by atoms with Gasteiger partial charge in [0.1, 0.15) is 6.07 Å². The Morgan fingerprint density at radius 3 is 2.78 bits per heavy atom. The number of hydrogen-bond acceptors (Lipinski definition) is 3. The molecule has 0 fully saturated rings. The standard InChI is InChI=1S/C13H8ClN3O/c14-11-6-2-1-5-10(11)13(18)17-12-9(8-15)4-3-7-16-12/h1-7H,(H,16,17,18). The molecule has 0 bridgehead atoms. The van der Waals surface area contributed by atoms with E-state index in [-0.39, 0.29) is 5.82 Å². The van der Waals surface area contributed by atoms with Crippen LogP contribution in [0, 0.1) is 11.3 Å². The molecule has 88 valence electrons. The van der Waals surface area contributed by atoms with E-state index in [1.807, 2.05) is 6.07 Å². The van der Waals surface area contributed by atoms with Crippen LogP contribution in [0.2, 0.25) is 5.02 Å². The van der Waals surface area contributed by atoms with Gasteiger partial charge in [0.25, 0.3) is 5.91 Å². The van der Waals surface area contributed by atoms with Crippen molar-refractivity contribution in [1.82, 2.24) is 4.98 Å². The summed E-state index contributed by atoms with van der Waals surface area (Å²) in [5.41, 5.74) is 0.645. The van der Waals surface area contributed by atoms with E-state index in [9.17, 15) is 4.79 Å². The second kappa shape index (κ2) is 5.30. The summed E-state index contributed by atoms with van der Waals surface area (Å²) in [5, 5.41) is 11.8. The van der Waals surface area contributed by atoms with Crippen molar-refractivity contribution in [3.8, 4) is 6.07 Å². The lowest BCUT2D eigenvalue weighted by Crippen LogP contribution is -2.14. The first-order valence-corrected chi connectivity index (χ1v) is 5.51. The Hall–Kier alpha value is -2.38. The molecule has 0 saturated heterocycles. The summed E-state index contributed by atoms with van der Waals surface area (Å²) in [7, 11) is 0. The molecule has 1 N–H and O–H groups in total. The third-order valence-electron chi connectivity index (χ3n) is 2.28. The van der Waals surface area contributed by atoms with Crippen molar-refractivity contribution in [3.63, 3.8) is 0 Å². The second-order valence-corrected chi connectivity index (χ2v) is 3.85. The van der Waals surface area contributed by atoms with Crippen molar-refractivity contribution in [3.05, 3.63) is 58.7 Å². The zero-order valence-corrected chi connectivity index (χ0v) is 9.98. The molecule has 2 aromatic rings. The molecular weight excluding hydrogens is 250 g/mol. The molecule has 1 amide bonds. The van der Waals surface area contributed by atoms with Gasteiger partial charge in [-0.1, -0.05) is 23.7 Å². The first kappa shape index (κ1) is 12.1. The SMILES string of the molecule is N#Cc1cccnc1NC(=O)c1ccccc1Cl. The highest BCUT2D eigenvalue weighted by Gasteiger charge is 2.12. The van der Waals surface area contributed by atoms with Crippen LogP contribution < -0.4 is 5.32 Å². The van der Waals surface area contributed by atoms with Crippen molar-refractivity contribution < 1.29 is 4.79 Å². The molecule has 0 aliphatic rings. The monoisotopic (exact) mass is 257 g/mol. The summed E-state index contributed by atoms with van der Waals surface area (Å²) in [5.74, 6) is -0.166. The average Bonchev–Trinajstić information content (AvgIpc) is 2.39. The van der Waals surface area contributed by atoms with Gasteiger partial charge in [-0.05, 0) is 24.3 Å². The lowest BCUT2D eigenvalue weighted by molar-refractivity contribution is 0.102. The predicted molar refractivity (Wildman–Crippen MR) is 68.4 cm³/mol. The van der Waals surface area contributed by atoms with Crippen LogP contribution in [0.4, 0.5) is 5.82 Å². The molecular formula is C13H8ClN3O. The molecule has 4 nitrogen and oxygen atoms in total. The van der Waals surface area contributed by atoms with E-state index in [1.165, 1.54) is 6.20 Å². The Morgan fingerprint density at radius 2 is 2.06 bits per heavy atom. The van der Waals surface area contributed by atoms with Crippen molar-refractivity contribution >= 4 is 23.3 Å². The smallest absolute Gasteiger partial charge is 0.258 e. The topological polar surface area (TPSA) is 65.8 Å². The lowest BCUT2D eigenvalue weighted by Gasteiger charge is -2.06. The minimum Gasteiger partial charge on any atom is -0.305 e. The fraction of sp³-hybridized carbons (Fsp3) is 0. The number of anilines is 1. The number of nitrogens with one attached hydrogen (secondary N) is 1. The molecule has 0 saturated carbocycles. The number of nitrogens with zero attached hydrogens (tertiary/aromatic N) is 2. The highest BCUT2D eigenvalue weighted by molar-refractivity contribution is 6.34. The van der Waals surface area contributed by atoms with Crippen molar-refractivity contribution in [1.29, 1.82) is 5.26 Å². The first-order chi connectivity index (χ1) is 8.72. The summed E-state index contributed by atoms with van der Waals surface area (Å²) >= 11 is 5.91. The Balaban J connectivity index is 2.28. The summed E-state index contributed by atoms with van der Waals surface area (Å²) in [6, 6.07) is 11.8. The van der Waals surface area contributed by atoms with Crippen LogP contribution in [0.3, 0.4) is 0 Å². The van der Waals surface area contributed by atoms with E-state index in [0.29, 0.717) is 16.1 Å². The van der Waals surface area contributed by atoms with Gasteiger partial charge in [-0.2, -0.15) is 5.26 Å². The van der Waals surface area contributed by atoms with Gasteiger partial charge in [-0.25, -0.2) is 4.98 Å². The van der Waals surface area contributed by atoms with E-state index >= 15 is 0 Å². The number of nitriles is 1. The number of carbonyl (C=O) groups is 1. The summed E-state index contributed by atoms with van der Waals surface area (Å²) < 4.78 is 0. The van der Waals surface area contributed by atoms with E-state index in [2.05, 4.69) is 10.3 Å². The number of aromatic nitrogens is 1. The number of benzene rings is 1. The van der Waals surface area contributed by atoms with Gasteiger partial charge in [0, 0.05) is 6.20 Å². The Kier molecular flexibility index (Phi) is 3.56. The van der Waals surface area contributed by atoms with Crippen LogP contribution in [0.1, 0.15) is 15.9 Å². The van der Waals surface area contributed by atoms with Gasteiger partial charge < -0.3 is 5.32 Å². The summed E-state index contributed by atoms with van der Waals surface area (Å²) in [6.45, 7) is 0. The lowest BCUT2D eigenvalue weighted by atomic mass is 10.2. The van der Waals surface area contributed by atoms with E-state index in [1.54, 1.807) is 36.4 Å². The normalized spacial score (nSPS) is 9.56. The maximum Gasteiger partial charge on any atom is 0.258 e. The van der Waals surface area contributed by atoms with Gasteiger partial charge in [0.05, 0.1) is 16.1 Å². The van der Waals surface area contributed by atoms with Crippen LogP contribution in [-0.2, 0) is 0 Å². The predicted octanol–water partition coefficient (Wildman–Crippen LogP) is 2.86. The first-order valence-electron chi connectivity index (χ1n) is 5.13. The largest absolute Gasteiger partial charge is 0.305 e. The molecule has 0 atom stereocenters. The van der Waals surface area contributed by atoms with Crippen molar-refractivity contribution in [2.75, 3.05) is 5.32 Å². The van der Waals surface area contributed by atoms with Gasteiger partial charge in [0.15, 0.2) is 5.82 Å². The second-order valence-electron chi connectivity index (χ2n) is 3.45.